The molecule has 7 heteroatoms. The highest BCUT2D eigenvalue weighted by Crippen LogP contribution is 2.23. The van der Waals surface area contributed by atoms with E-state index in [0.29, 0.717) is 6.42 Å². The number of aliphatic hydroxyl groups excluding tert-OH is 1. The molecule has 0 amide bonds. The Labute approximate surface area is 90.5 Å². The lowest BCUT2D eigenvalue weighted by atomic mass is 10.0. The quantitative estimate of drug-likeness (QED) is 0.872. The van der Waals surface area contributed by atoms with E-state index in [9.17, 15) is 18.3 Å². The number of nitrogens with zero attached hydrogens (tertiary/aromatic N) is 2. The maximum absolute atomic E-state index is 12.0. The van der Waals surface area contributed by atoms with Crippen LogP contribution in [0, 0.1) is 0 Å². The largest absolute Gasteiger partial charge is 0.396 e. The summed E-state index contributed by atoms with van der Waals surface area (Å²) in [5, 5.41) is 12.7. The third-order valence-electron chi connectivity index (χ3n) is 2.23. The summed E-state index contributed by atoms with van der Waals surface area (Å²) in [4.78, 5) is 3.61. The first-order chi connectivity index (χ1) is 7.33. The lowest BCUT2D eigenvalue weighted by Crippen LogP contribution is -2.15. The average Bonchev–Trinajstić information content (AvgIpc) is 2.61. The van der Waals surface area contributed by atoms with Gasteiger partial charge >= 0.3 is 6.18 Å². The van der Waals surface area contributed by atoms with Gasteiger partial charge in [-0.05, 0) is 6.42 Å². The van der Waals surface area contributed by atoms with Gasteiger partial charge in [-0.15, -0.1) is 0 Å². The summed E-state index contributed by atoms with van der Waals surface area (Å²) >= 11 is 0. The summed E-state index contributed by atoms with van der Waals surface area (Å²) in [6.45, 7) is 3.38. The fraction of sp³-hybridized carbons (Fsp3) is 0.778. The van der Waals surface area contributed by atoms with Crippen molar-refractivity contribution in [1.29, 1.82) is 0 Å². The Bertz CT molecular complexity index is 338. The van der Waals surface area contributed by atoms with Crippen LogP contribution in [-0.2, 0) is 6.42 Å². The van der Waals surface area contributed by atoms with Gasteiger partial charge in [-0.2, -0.15) is 18.2 Å². The molecule has 0 radical (unpaired) electrons. The minimum atomic E-state index is -4.35. The van der Waals surface area contributed by atoms with Crippen LogP contribution < -0.4 is 0 Å². The zero-order valence-electron chi connectivity index (χ0n) is 8.95. The molecule has 2 atom stereocenters. The first-order valence-corrected chi connectivity index (χ1v) is 4.90. The molecule has 0 saturated heterocycles. The molecule has 1 aromatic rings. The molecule has 4 nitrogen and oxygen atoms in total. The second kappa shape index (κ2) is 4.82. The van der Waals surface area contributed by atoms with E-state index in [4.69, 9.17) is 0 Å². The molecule has 0 bridgehead atoms. The van der Waals surface area contributed by atoms with Crippen LogP contribution in [0.25, 0.3) is 0 Å². The summed E-state index contributed by atoms with van der Waals surface area (Å²) in [6, 6.07) is 0. The van der Waals surface area contributed by atoms with Crippen LogP contribution >= 0.6 is 0 Å². The third kappa shape index (κ3) is 3.48. The summed E-state index contributed by atoms with van der Waals surface area (Å²) < 4.78 is 40.7. The van der Waals surface area contributed by atoms with E-state index in [1.807, 2.05) is 0 Å². The second-order valence-electron chi connectivity index (χ2n) is 3.61. The molecule has 0 aliphatic heterocycles. The smallest absolute Gasteiger partial charge is 0.392 e. The summed E-state index contributed by atoms with van der Waals surface area (Å²) in [5.41, 5.74) is 0. The van der Waals surface area contributed by atoms with Gasteiger partial charge in [0.25, 0.3) is 0 Å². The number of hydrogen-bond acceptors (Lipinski definition) is 4. The topological polar surface area (TPSA) is 59.2 Å². The molecule has 0 spiro atoms. The molecule has 92 valence electrons. The number of aromatic nitrogens is 2. The van der Waals surface area contributed by atoms with E-state index >= 15 is 0 Å². The van der Waals surface area contributed by atoms with Crippen molar-refractivity contribution in [2.24, 2.45) is 0 Å². The van der Waals surface area contributed by atoms with Gasteiger partial charge in [0.05, 0.1) is 12.0 Å². The van der Waals surface area contributed by atoms with Gasteiger partial charge < -0.3 is 9.63 Å². The molecular formula is C9H13F3N2O2. The molecule has 0 aliphatic carbocycles. The lowest BCUT2D eigenvalue weighted by molar-refractivity contribution is -0.128. The normalized spacial score (nSPS) is 16.1. The van der Waals surface area contributed by atoms with E-state index in [1.165, 1.54) is 0 Å². The second-order valence-corrected chi connectivity index (χ2v) is 3.61. The monoisotopic (exact) mass is 238 g/mol. The Morgan fingerprint density at radius 2 is 2.06 bits per heavy atom. The molecule has 1 aromatic heterocycles. The van der Waals surface area contributed by atoms with E-state index in [0.717, 1.165) is 0 Å². The SMILES string of the molecule is CCC(O)C(C)c1nc(CC(F)(F)F)no1. The van der Waals surface area contributed by atoms with Gasteiger partial charge in [0.2, 0.25) is 5.89 Å². The summed E-state index contributed by atoms with van der Waals surface area (Å²) in [5.74, 6) is -0.828. The van der Waals surface area contributed by atoms with Crippen LogP contribution in [0.2, 0.25) is 0 Å². The van der Waals surface area contributed by atoms with Gasteiger partial charge in [-0.1, -0.05) is 19.0 Å². The van der Waals surface area contributed by atoms with E-state index in [2.05, 4.69) is 14.7 Å². The molecule has 16 heavy (non-hydrogen) atoms. The van der Waals surface area contributed by atoms with Gasteiger partial charge in [0.15, 0.2) is 5.82 Å². The van der Waals surface area contributed by atoms with Gasteiger partial charge in [0.1, 0.15) is 6.42 Å². The van der Waals surface area contributed by atoms with E-state index < -0.39 is 30.4 Å². The van der Waals surface area contributed by atoms with Crippen LogP contribution in [-0.4, -0.2) is 27.5 Å². The van der Waals surface area contributed by atoms with Crippen LogP contribution in [0.5, 0.6) is 0 Å². The van der Waals surface area contributed by atoms with Crippen molar-refractivity contribution in [3.05, 3.63) is 11.7 Å². The summed E-state index contributed by atoms with van der Waals surface area (Å²) in [7, 11) is 0. The van der Waals surface area contributed by atoms with Crippen molar-refractivity contribution < 1.29 is 22.8 Å². The minimum Gasteiger partial charge on any atom is -0.392 e. The van der Waals surface area contributed by atoms with E-state index in [-0.39, 0.29) is 5.89 Å². The highest BCUT2D eigenvalue weighted by atomic mass is 19.4. The van der Waals surface area contributed by atoms with Crippen molar-refractivity contribution in [3.8, 4) is 0 Å². The molecular weight excluding hydrogens is 225 g/mol. The van der Waals surface area contributed by atoms with Gasteiger partial charge in [-0.3, -0.25) is 0 Å². The number of aliphatic hydroxyl groups is 1. The van der Waals surface area contributed by atoms with Gasteiger partial charge in [-0.25, -0.2) is 0 Å². The fourth-order valence-corrected chi connectivity index (χ4v) is 1.22. The Morgan fingerprint density at radius 1 is 1.44 bits per heavy atom. The van der Waals surface area contributed by atoms with E-state index in [1.54, 1.807) is 13.8 Å². The van der Waals surface area contributed by atoms with Crippen LogP contribution in [0.3, 0.4) is 0 Å². The van der Waals surface area contributed by atoms with Gasteiger partial charge in [0, 0.05) is 0 Å². The molecule has 2 unspecified atom stereocenters. The first kappa shape index (κ1) is 13.0. The standard InChI is InChI=1S/C9H13F3N2O2/c1-3-6(15)5(2)8-13-7(14-16-8)4-9(10,11)12/h5-6,15H,3-4H2,1-2H3. The Hall–Kier alpha value is -1.11. The summed E-state index contributed by atoms with van der Waals surface area (Å²) in [6.07, 6.45) is -5.80. The average molecular weight is 238 g/mol. The Morgan fingerprint density at radius 3 is 2.56 bits per heavy atom. The number of halogens is 3. The molecule has 0 aromatic carbocycles. The molecule has 0 saturated carbocycles. The van der Waals surface area contributed by atoms with Crippen LogP contribution in [0.4, 0.5) is 13.2 Å². The maximum Gasteiger partial charge on any atom is 0.396 e. The molecule has 0 fully saturated rings. The molecule has 1 rings (SSSR count). The first-order valence-electron chi connectivity index (χ1n) is 4.90. The Kier molecular flexibility index (Phi) is 3.90. The van der Waals surface area contributed by atoms with Crippen LogP contribution in [0.15, 0.2) is 4.52 Å². The van der Waals surface area contributed by atoms with Crippen molar-refractivity contribution >= 4 is 0 Å². The third-order valence-corrected chi connectivity index (χ3v) is 2.23. The molecule has 0 aliphatic rings. The highest BCUT2D eigenvalue weighted by Gasteiger charge is 2.31. The maximum atomic E-state index is 12.0. The Balaban J connectivity index is 2.71. The lowest BCUT2D eigenvalue weighted by Gasteiger charge is -2.11. The fourth-order valence-electron chi connectivity index (χ4n) is 1.22. The molecule has 1 heterocycles. The number of rotatable bonds is 4. The number of hydrogen-bond donors (Lipinski definition) is 1. The number of alkyl halides is 3. The highest BCUT2D eigenvalue weighted by molar-refractivity contribution is 4.96. The van der Waals surface area contributed by atoms with Crippen molar-refractivity contribution in [1.82, 2.24) is 10.1 Å². The predicted molar refractivity (Wildman–Crippen MR) is 48.8 cm³/mol. The van der Waals surface area contributed by atoms with Crippen molar-refractivity contribution in [3.63, 3.8) is 0 Å². The zero-order chi connectivity index (χ0) is 12.3. The minimum absolute atomic E-state index is 0.0357. The van der Waals surface area contributed by atoms with Crippen molar-refractivity contribution in [2.45, 2.75) is 44.9 Å². The molecule has 1 N–H and O–H groups in total. The zero-order valence-corrected chi connectivity index (χ0v) is 8.95. The van der Waals surface area contributed by atoms with Crippen molar-refractivity contribution in [2.75, 3.05) is 0 Å². The predicted octanol–water partition coefficient (Wildman–Crippen LogP) is 2.05. The van der Waals surface area contributed by atoms with Crippen LogP contribution in [0.1, 0.15) is 37.9 Å².